The van der Waals surface area contributed by atoms with Gasteiger partial charge >= 0.3 is 0 Å². The van der Waals surface area contributed by atoms with E-state index < -0.39 is 0 Å². The van der Waals surface area contributed by atoms with Crippen molar-refractivity contribution in [1.29, 1.82) is 5.41 Å². The van der Waals surface area contributed by atoms with Crippen molar-refractivity contribution < 1.29 is 4.79 Å². The van der Waals surface area contributed by atoms with Crippen LogP contribution in [0.15, 0.2) is 0 Å². The molecule has 0 atom stereocenters. The van der Waals surface area contributed by atoms with Crippen molar-refractivity contribution in [1.82, 2.24) is 5.32 Å². The Morgan fingerprint density at radius 3 is 2.67 bits per heavy atom. The van der Waals surface area contributed by atoms with Gasteiger partial charge in [0.15, 0.2) is 5.17 Å². The molecule has 0 spiro atoms. The molecular formula is C7H15N3OS. The Hall–Kier alpha value is -0.710. The molecular weight excluding hydrogens is 174 g/mol. The highest BCUT2D eigenvalue weighted by atomic mass is 32.2. The molecule has 12 heavy (non-hydrogen) atoms. The lowest BCUT2D eigenvalue weighted by Gasteiger charge is -2.06. The SMILES string of the molecule is CC(C)CNC(=O)CSC(=N)N. The number of rotatable bonds is 4. The zero-order valence-corrected chi connectivity index (χ0v) is 8.20. The lowest BCUT2D eigenvalue weighted by atomic mass is 10.2. The third kappa shape index (κ3) is 7.40. The quantitative estimate of drug-likeness (QED) is 0.442. The molecule has 0 aliphatic rings. The summed E-state index contributed by atoms with van der Waals surface area (Å²) in [5.74, 6) is 0.627. The van der Waals surface area contributed by atoms with Crippen molar-refractivity contribution in [3.05, 3.63) is 0 Å². The molecule has 4 nitrogen and oxygen atoms in total. The van der Waals surface area contributed by atoms with Crippen molar-refractivity contribution in [3.8, 4) is 0 Å². The summed E-state index contributed by atoms with van der Waals surface area (Å²) in [5, 5.41) is 9.57. The zero-order chi connectivity index (χ0) is 9.56. The van der Waals surface area contributed by atoms with E-state index in [0.717, 1.165) is 11.8 Å². The van der Waals surface area contributed by atoms with Gasteiger partial charge in [0.25, 0.3) is 0 Å². The van der Waals surface area contributed by atoms with E-state index in [9.17, 15) is 4.79 Å². The van der Waals surface area contributed by atoms with Crippen LogP contribution < -0.4 is 11.1 Å². The Balaban J connectivity index is 3.40. The molecule has 70 valence electrons. The van der Waals surface area contributed by atoms with Crippen LogP contribution in [0.1, 0.15) is 13.8 Å². The van der Waals surface area contributed by atoms with E-state index in [1.54, 1.807) is 0 Å². The van der Waals surface area contributed by atoms with Crippen LogP contribution in [0.3, 0.4) is 0 Å². The Labute approximate surface area is 76.8 Å². The van der Waals surface area contributed by atoms with Gasteiger partial charge in [-0.3, -0.25) is 10.2 Å². The lowest BCUT2D eigenvalue weighted by Crippen LogP contribution is -2.29. The summed E-state index contributed by atoms with van der Waals surface area (Å²) in [6.45, 7) is 4.73. The number of hydrogen-bond acceptors (Lipinski definition) is 3. The molecule has 0 aliphatic heterocycles. The number of nitrogens with one attached hydrogen (secondary N) is 2. The number of thioether (sulfide) groups is 1. The summed E-state index contributed by atoms with van der Waals surface area (Å²) < 4.78 is 0. The fourth-order valence-corrected chi connectivity index (χ4v) is 0.901. The Morgan fingerprint density at radius 1 is 1.67 bits per heavy atom. The fourth-order valence-electron chi connectivity index (χ4n) is 0.512. The second kappa shape index (κ2) is 5.88. The molecule has 0 saturated carbocycles. The van der Waals surface area contributed by atoms with Gasteiger partial charge in [0.1, 0.15) is 0 Å². The Morgan fingerprint density at radius 2 is 2.25 bits per heavy atom. The molecule has 0 aromatic rings. The first-order valence-corrected chi connectivity index (χ1v) is 4.74. The molecule has 0 fully saturated rings. The summed E-state index contributed by atoms with van der Waals surface area (Å²) >= 11 is 1.04. The van der Waals surface area contributed by atoms with E-state index in [-0.39, 0.29) is 16.8 Å². The van der Waals surface area contributed by atoms with Crippen LogP contribution in [0.2, 0.25) is 0 Å². The minimum Gasteiger partial charge on any atom is -0.379 e. The van der Waals surface area contributed by atoms with Gasteiger partial charge in [-0.25, -0.2) is 0 Å². The molecule has 0 unspecified atom stereocenters. The molecule has 0 radical (unpaired) electrons. The second-order valence-corrected chi connectivity index (χ2v) is 3.87. The van der Waals surface area contributed by atoms with Crippen LogP contribution in [0, 0.1) is 11.3 Å². The van der Waals surface area contributed by atoms with Crippen molar-refractivity contribution in [2.45, 2.75) is 13.8 Å². The van der Waals surface area contributed by atoms with Crippen LogP contribution >= 0.6 is 11.8 Å². The zero-order valence-electron chi connectivity index (χ0n) is 7.39. The summed E-state index contributed by atoms with van der Waals surface area (Å²) in [7, 11) is 0. The number of hydrogen-bond donors (Lipinski definition) is 3. The predicted octanol–water partition coefficient (Wildman–Crippen LogP) is 0.385. The minimum absolute atomic E-state index is 0.0188. The van der Waals surface area contributed by atoms with Crippen LogP contribution in [0.4, 0.5) is 0 Å². The normalized spacial score (nSPS) is 9.92. The van der Waals surface area contributed by atoms with Crippen LogP contribution in [-0.4, -0.2) is 23.4 Å². The van der Waals surface area contributed by atoms with Crippen LogP contribution in [0.5, 0.6) is 0 Å². The standard InChI is InChI=1S/C7H15N3OS/c1-5(2)3-10-6(11)4-12-7(8)9/h5H,3-4H2,1-2H3,(H3,8,9)(H,10,11). The van der Waals surface area contributed by atoms with Gasteiger partial charge in [0, 0.05) is 6.54 Å². The van der Waals surface area contributed by atoms with Gasteiger partial charge in [0.2, 0.25) is 5.91 Å². The van der Waals surface area contributed by atoms with Gasteiger partial charge in [-0.15, -0.1) is 0 Å². The van der Waals surface area contributed by atoms with Gasteiger partial charge in [0.05, 0.1) is 5.75 Å². The smallest absolute Gasteiger partial charge is 0.230 e. The Kier molecular flexibility index (Phi) is 5.53. The van der Waals surface area contributed by atoms with Crippen molar-refractivity contribution in [2.24, 2.45) is 11.7 Å². The molecule has 0 aromatic carbocycles. The Bertz CT molecular complexity index is 170. The van der Waals surface area contributed by atoms with E-state index in [2.05, 4.69) is 5.32 Å². The average molecular weight is 189 g/mol. The van der Waals surface area contributed by atoms with Gasteiger partial charge in [-0.2, -0.15) is 0 Å². The molecule has 0 bridgehead atoms. The first-order valence-electron chi connectivity index (χ1n) is 3.76. The number of amidine groups is 1. The van der Waals surface area contributed by atoms with Crippen molar-refractivity contribution in [3.63, 3.8) is 0 Å². The van der Waals surface area contributed by atoms with E-state index >= 15 is 0 Å². The minimum atomic E-state index is -0.0658. The molecule has 4 N–H and O–H groups in total. The highest BCUT2D eigenvalue weighted by Crippen LogP contribution is 1.96. The monoisotopic (exact) mass is 189 g/mol. The van der Waals surface area contributed by atoms with E-state index in [1.165, 1.54) is 0 Å². The number of carbonyl (C=O) groups excluding carboxylic acids is 1. The maximum absolute atomic E-state index is 11.0. The van der Waals surface area contributed by atoms with Gasteiger partial charge in [-0.05, 0) is 5.92 Å². The number of nitrogens with two attached hydrogens (primary N) is 1. The van der Waals surface area contributed by atoms with Gasteiger partial charge < -0.3 is 11.1 Å². The first-order chi connectivity index (χ1) is 5.52. The molecule has 0 saturated heterocycles. The molecule has 0 heterocycles. The first kappa shape index (κ1) is 11.3. The van der Waals surface area contributed by atoms with E-state index in [4.69, 9.17) is 11.1 Å². The lowest BCUT2D eigenvalue weighted by molar-refractivity contribution is -0.118. The van der Waals surface area contributed by atoms with E-state index in [1.807, 2.05) is 13.8 Å². The molecule has 5 heteroatoms. The maximum Gasteiger partial charge on any atom is 0.230 e. The van der Waals surface area contributed by atoms with Crippen molar-refractivity contribution in [2.75, 3.05) is 12.3 Å². The summed E-state index contributed by atoms with van der Waals surface area (Å²) in [6.07, 6.45) is 0. The average Bonchev–Trinajstić information content (AvgIpc) is 1.96. The highest BCUT2D eigenvalue weighted by Gasteiger charge is 2.02. The summed E-state index contributed by atoms with van der Waals surface area (Å²) in [6, 6.07) is 0. The predicted molar refractivity (Wildman–Crippen MR) is 52.2 cm³/mol. The van der Waals surface area contributed by atoms with Crippen LogP contribution in [0.25, 0.3) is 0 Å². The fraction of sp³-hybridized carbons (Fsp3) is 0.714. The topological polar surface area (TPSA) is 79.0 Å². The summed E-state index contributed by atoms with van der Waals surface area (Å²) in [5.41, 5.74) is 5.06. The summed E-state index contributed by atoms with van der Waals surface area (Å²) in [4.78, 5) is 11.0. The molecule has 0 rings (SSSR count). The van der Waals surface area contributed by atoms with Crippen molar-refractivity contribution >= 4 is 22.8 Å². The largest absolute Gasteiger partial charge is 0.379 e. The van der Waals surface area contributed by atoms with Gasteiger partial charge in [-0.1, -0.05) is 25.6 Å². The molecule has 0 aliphatic carbocycles. The highest BCUT2D eigenvalue weighted by molar-refractivity contribution is 8.14. The third-order valence-corrected chi connectivity index (χ3v) is 1.78. The number of amides is 1. The number of carbonyl (C=O) groups is 1. The van der Waals surface area contributed by atoms with Crippen LogP contribution in [-0.2, 0) is 4.79 Å². The second-order valence-electron chi connectivity index (χ2n) is 2.85. The third-order valence-electron chi connectivity index (χ3n) is 1.07. The molecule has 1 amide bonds. The molecule has 0 aromatic heterocycles. The van der Waals surface area contributed by atoms with E-state index in [0.29, 0.717) is 12.5 Å². The maximum atomic E-state index is 11.0.